The van der Waals surface area contributed by atoms with E-state index in [4.69, 9.17) is 11.6 Å². The lowest BCUT2D eigenvalue weighted by molar-refractivity contribution is 0.0950. The highest BCUT2D eigenvalue weighted by molar-refractivity contribution is 7.92. The van der Waals surface area contributed by atoms with Crippen LogP contribution in [0, 0.1) is 0 Å². The molecule has 1 saturated heterocycles. The van der Waals surface area contributed by atoms with Gasteiger partial charge >= 0.3 is 0 Å². The van der Waals surface area contributed by atoms with Gasteiger partial charge in [0.1, 0.15) is 0 Å². The molecule has 8 heteroatoms. The number of carbonyl (C=O) groups excluding carboxylic acids is 1. The van der Waals surface area contributed by atoms with Crippen molar-refractivity contribution in [3.8, 4) is 0 Å². The number of para-hydroxylation sites is 1. The average Bonchev–Trinajstić information content (AvgIpc) is 3.15. The molecule has 138 valence electrons. The van der Waals surface area contributed by atoms with Gasteiger partial charge in [-0.25, -0.2) is 8.42 Å². The molecular formula is C18H20ClN3O3S. The molecule has 1 fully saturated rings. The normalized spacial score (nSPS) is 17.0. The maximum Gasteiger partial charge on any atom is 0.261 e. The summed E-state index contributed by atoms with van der Waals surface area (Å²) in [4.78, 5) is 12.2. The van der Waals surface area contributed by atoms with Crippen LogP contribution in [0.15, 0.2) is 53.4 Å². The number of anilines is 1. The van der Waals surface area contributed by atoms with Crippen LogP contribution in [0.1, 0.15) is 23.2 Å². The lowest BCUT2D eigenvalue weighted by Crippen LogP contribution is -2.37. The number of amides is 1. The highest BCUT2D eigenvalue weighted by Crippen LogP contribution is 2.24. The molecule has 3 N–H and O–H groups in total. The van der Waals surface area contributed by atoms with Gasteiger partial charge in [0.2, 0.25) is 0 Å². The van der Waals surface area contributed by atoms with E-state index in [1.165, 1.54) is 24.3 Å². The van der Waals surface area contributed by atoms with Crippen molar-refractivity contribution in [3.63, 3.8) is 0 Å². The van der Waals surface area contributed by atoms with Crippen molar-refractivity contribution in [2.24, 2.45) is 0 Å². The molecule has 26 heavy (non-hydrogen) atoms. The molecule has 0 aliphatic carbocycles. The first-order valence-electron chi connectivity index (χ1n) is 8.35. The van der Waals surface area contributed by atoms with Gasteiger partial charge in [-0.15, -0.1) is 0 Å². The molecule has 1 aliphatic rings. The quantitative estimate of drug-likeness (QED) is 0.704. The molecule has 3 rings (SSSR count). The summed E-state index contributed by atoms with van der Waals surface area (Å²) in [6, 6.07) is 12.7. The Bertz CT molecular complexity index is 879. The number of sulfonamides is 1. The van der Waals surface area contributed by atoms with Crippen LogP contribution in [0.2, 0.25) is 5.02 Å². The van der Waals surface area contributed by atoms with Crippen molar-refractivity contribution < 1.29 is 13.2 Å². The first kappa shape index (κ1) is 18.7. The number of nitrogens with one attached hydrogen (secondary N) is 3. The third-order valence-electron chi connectivity index (χ3n) is 4.22. The van der Waals surface area contributed by atoms with Gasteiger partial charge in [-0.1, -0.05) is 23.7 Å². The average molecular weight is 394 g/mol. The van der Waals surface area contributed by atoms with E-state index < -0.39 is 10.0 Å². The molecule has 0 spiro atoms. The van der Waals surface area contributed by atoms with E-state index in [-0.39, 0.29) is 10.8 Å². The third-order valence-corrected chi connectivity index (χ3v) is 5.93. The van der Waals surface area contributed by atoms with E-state index >= 15 is 0 Å². The van der Waals surface area contributed by atoms with Gasteiger partial charge in [0.25, 0.3) is 15.9 Å². The van der Waals surface area contributed by atoms with Crippen LogP contribution in [0.25, 0.3) is 0 Å². The van der Waals surface area contributed by atoms with Gasteiger partial charge < -0.3 is 10.6 Å². The summed E-state index contributed by atoms with van der Waals surface area (Å²) >= 11 is 5.99. The zero-order valence-corrected chi connectivity index (χ0v) is 15.6. The number of rotatable bonds is 6. The molecular weight excluding hydrogens is 374 g/mol. The highest BCUT2D eigenvalue weighted by atomic mass is 35.5. The topological polar surface area (TPSA) is 87.3 Å². The minimum atomic E-state index is -3.78. The van der Waals surface area contributed by atoms with Gasteiger partial charge in [0.05, 0.1) is 15.6 Å². The molecule has 0 saturated carbocycles. The minimum absolute atomic E-state index is 0.0615. The Hall–Kier alpha value is -2.09. The Morgan fingerprint density at radius 3 is 2.54 bits per heavy atom. The Labute approximate surface area is 158 Å². The lowest BCUT2D eigenvalue weighted by atomic mass is 10.2. The van der Waals surface area contributed by atoms with E-state index in [2.05, 4.69) is 15.4 Å². The van der Waals surface area contributed by atoms with E-state index in [1.54, 1.807) is 24.3 Å². The van der Waals surface area contributed by atoms with Gasteiger partial charge in [0.15, 0.2) is 0 Å². The monoisotopic (exact) mass is 393 g/mol. The second kappa shape index (κ2) is 8.07. The summed E-state index contributed by atoms with van der Waals surface area (Å²) in [5, 5.41) is 6.48. The molecule has 0 radical (unpaired) electrons. The van der Waals surface area contributed by atoms with E-state index in [0.29, 0.717) is 28.9 Å². The summed E-state index contributed by atoms with van der Waals surface area (Å²) in [6.07, 6.45) is 2.16. The van der Waals surface area contributed by atoms with Gasteiger partial charge in [0, 0.05) is 18.2 Å². The summed E-state index contributed by atoms with van der Waals surface area (Å²) in [6.45, 7) is 1.54. The largest absolute Gasteiger partial charge is 0.350 e. The maximum atomic E-state index is 12.5. The number of hydrogen-bond donors (Lipinski definition) is 3. The summed E-state index contributed by atoms with van der Waals surface area (Å²) in [5.74, 6) is -0.221. The summed E-state index contributed by atoms with van der Waals surface area (Å²) in [7, 11) is -3.78. The van der Waals surface area contributed by atoms with Crippen molar-refractivity contribution >= 4 is 33.2 Å². The molecule has 0 bridgehead atoms. The molecule has 0 aromatic heterocycles. The number of carbonyl (C=O) groups is 1. The number of halogens is 1. The Morgan fingerprint density at radius 2 is 1.88 bits per heavy atom. The van der Waals surface area contributed by atoms with Crippen LogP contribution in [0.4, 0.5) is 5.69 Å². The molecule has 6 nitrogen and oxygen atoms in total. The zero-order valence-electron chi connectivity index (χ0n) is 14.0. The maximum absolute atomic E-state index is 12.5. The Morgan fingerprint density at radius 1 is 1.15 bits per heavy atom. The smallest absolute Gasteiger partial charge is 0.261 e. The van der Waals surface area contributed by atoms with E-state index in [9.17, 15) is 13.2 Å². The van der Waals surface area contributed by atoms with Crippen LogP contribution >= 0.6 is 11.6 Å². The first-order valence-corrected chi connectivity index (χ1v) is 10.2. The fourth-order valence-corrected chi connectivity index (χ4v) is 4.10. The summed E-state index contributed by atoms with van der Waals surface area (Å²) in [5.41, 5.74) is 0.722. The predicted molar refractivity (Wildman–Crippen MR) is 102 cm³/mol. The molecule has 1 atom stereocenters. The van der Waals surface area contributed by atoms with Crippen molar-refractivity contribution in [3.05, 3.63) is 59.1 Å². The molecule has 2 aromatic rings. The zero-order chi connectivity index (χ0) is 18.6. The fourth-order valence-electron chi connectivity index (χ4n) is 2.78. The van der Waals surface area contributed by atoms with Crippen LogP contribution in [-0.4, -0.2) is 33.5 Å². The number of benzene rings is 2. The molecule has 1 aliphatic heterocycles. The van der Waals surface area contributed by atoms with Crippen molar-refractivity contribution in [2.45, 2.75) is 23.8 Å². The van der Waals surface area contributed by atoms with Crippen molar-refractivity contribution in [1.82, 2.24) is 10.6 Å². The first-order chi connectivity index (χ1) is 12.5. The third kappa shape index (κ3) is 4.55. The van der Waals surface area contributed by atoms with Crippen LogP contribution in [0.3, 0.4) is 0 Å². The van der Waals surface area contributed by atoms with Crippen LogP contribution < -0.4 is 15.4 Å². The molecule has 2 aromatic carbocycles. The highest BCUT2D eigenvalue weighted by Gasteiger charge is 2.18. The standard InChI is InChI=1S/C18H20ClN3O3S/c19-16-5-1-2-6-17(16)22-26(24,25)15-9-7-13(8-10-15)18(23)21-12-14-4-3-11-20-14/h1-2,5-10,14,20,22H,3-4,11-12H2,(H,21,23). The van der Waals surface area contributed by atoms with Gasteiger partial charge in [-0.3, -0.25) is 9.52 Å². The fraction of sp³-hybridized carbons (Fsp3) is 0.278. The second-order valence-corrected chi connectivity index (χ2v) is 8.20. The Balaban J connectivity index is 1.66. The molecule has 1 heterocycles. The second-order valence-electron chi connectivity index (χ2n) is 6.11. The Kier molecular flexibility index (Phi) is 5.80. The lowest BCUT2D eigenvalue weighted by Gasteiger charge is -2.12. The number of hydrogen-bond acceptors (Lipinski definition) is 4. The van der Waals surface area contributed by atoms with Gasteiger partial charge in [-0.2, -0.15) is 0 Å². The van der Waals surface area contributed by atoms with Crippen molar-refractivity contribution in [1.29, 1.82) is 0 Å². The predicted octanol–water partition coefficient (Wildman–Crippen LogP) is 2.62. The van der Waals surface area contributed by atoms with E-state index in [1.807, 2.05) is 0 Å². The summed E-state index contributed by atoms with van der Waals surface area (Å²) < 4.78 is 27.4. The van der Waals surface area contributed by atoms with Crippen LogP contribution in [-0.2, 0) is 10.0 Å². The molecule has 1 unspecified atom stereocenters. The van der Waals surface area contributed by atoms with Crippen molar-refractivity contribution in [2.75, 3.05) is 17.8 Å². The molecule has 1 amide bonds. The SMILES string of the molecule is O=C(NCC1CCCN1)c1ccc(S(=O)(=O)Nc2ccccc2Cl)cc1. The van der Waals surface area contributed by atoms with Crippen LogP contribution in [0.5, 0.6) is 0 Å². The van der Waals surface area contributed by atoms with E-state index in [0.717, 1.165) is 19.4 Å². The van der Waals surface area contributed by atoms with Gasteiger partial charge in [-0.05, 0) is 55.8 Å². The minimum Gasteiger partial charge on any atom is -0.350 e.